The standard InChI is InChI=1S/C18H26F2N2O2/c1-12(2)21(3)18(24)13-6-8-22(9-7-13)11-17(23)14-4-5-15(19)16(20)10-14/h4-5,10,12-13,17,23H,6-9,11H2,1-3H3. The van der Waals surface area contributed by atoms with E-state index >= 15 is 0 Å². The number of rotatable bonds is 5. The Hall–Kier alpha value is -1.53. The summed E-state index contributed by atoms with van der Waals surface area (Å²) < 4.78 is 26.2. The minimum absolute atomic E-state index is 0.0223. The lowest BCUT2D eigenvalue weighted by Crippen LogP contribution is -2.44. The van der Waals surface area contributed by atoms with Crippen LogP contribution in [0, 0.1) is 17.6 Å². The molecule has 1 aliphatic rings. The normalized spacial score (nSPS) is 18.0. The molecule has 4 nitrogen and oxygen atoms in total. The highest BCUT2D eigenvalue weighted by atomic mass is 19.2. The summed E-state index contributed by atoms with van der Waals surface area (Å²) in [7, 11) is 1.83. The number of carbonyl (C=O) groups excluding carboxylic acids is 1. The third-order valence-corrected chi connectivity index (χ3v) is 4.82. The highest BCUT2D eigenvalue weighted by Gasteiger charge is 2.28. The fourth-order valence-corrected chi connectivity index (χ4v) is 2.97. The number of hydrogen-bond acceptors (Lipinski definition) is 3. The number of aliphatic hydroxyl groups excluding tert-OH is 1. The number of nitrogens with zero attached hydrogens (tertiary/aromatic N) is 2. The molecule has 1 N–H and O–H groups in total. The van der Waals surface area contributed by atoms with Gasteiger partial charge in [-0.1, -0.05) is 6.07 Å². The van der Waals surface area contributed by atoms with E-state index in [4.69, 9.17) is 0 Å². The molecule has 0 bridgehead atoms. The average Bonchev–Trinajstić information content (AvgIpc) is 2.56. The SMILES string of the molecule is CC(C)N(C)C(=O)C1CCN(CC(O)c2ccc(F)c(F)c2)CC1. The molecule has 6 heteroatoms. The van der Waals surface area contributed by atoms with Gasteiger partial charge in [0.2, 0.25) is 5.91 Å². The Morgan fingerprint density at radius 3 is 2.46 bits per heavy atom. The van der Waals surface area contributed by atoms with Crippen LogP contribution in [0.2, 0.25) is 0 Å². The zero-order valence-corrected chi connectivity index (χ0v) is 14.5. The number of likely N-dealkylation sites (tertiary alicyclic amines) is 1. The minimum atomic E-state index is -0.951. The molecule has 1 aromatic carbocycles. The Balaban J connectivity index is 1.86. The van der Waals surface area contributed by atoms with E-state index in [1.807, 2.05) is 20.9 Å². The fourth-order valence-electron chi connectivity index (χ4n) is 2.97. The summed E-state index contributed by atoms with van der Waals surface area (Å²) in [5, 5.41) is 10.2. The molecule has 1 unspecified atom stereocenters. The van der Waals surface area contributed by atoms with Crippen molar-refractivity contribution in [3.63, 3.8) is 0 Å². The Morgan fingerprint density at radius 2 is 1.92 bits per heavy atom. The predicted molar refractivity (Wildman–Crippen MR) is 88.4 cm³/mol. The highest BCUT2D eigenvalue weighted by Crippen LogP contribution is 2.23. The maximum atomic E-state index is 13.3. The molecule has 0 radical (unpaired) electrons. The van der Waals surface area contributed by atoms with Crippen molar-refractivity contribution in [2.45, 2.75) is 38.8 Å². The van der Waals surface area contributed by atoms with Crippen LogP contribution in [0.5, 0.6) is 0 Å². The van der Waals surface area contributed by atoms with E-state index in [1.165, 1.54) is 6.07 Å². The lowest BCUT2D eigenvalue weighted by atomic mass is 9.94. The van der Waals surface area contributed by atoms with Gasteiger partial charge >= 0.3 is 0 Å². The molecule has 1 heterocycles. The van der Waals surface area contributed by atoms with E-state index in [2.05, 4.69) is 4.90 Å². The van der Waals surface area contributed by atoms with Crippen molar-refractivity contribution >= 4 is 5.91 Å². The molecular formula is C18H26F2N2O2. The van der Waals surface area contributed by atoms with Crippen LogP contribution in [0.4, 0.5) is 8.78 Å². The molecule has 1 fully saturated rings. The Labute approximate surface area is 142 Å². The van der Waals surface area contributed by atoms with Crippen molar-refractivity contribution in [2.24, 2.45) is 5.92 Å². The summed E-state index contributed by atoms with van der Waals surface area (Å²) in [5.41, 5.74) is 0.367. The smallest absolute Gasteiger partial charge is 0.225 e. The average molecular weight is 340 g/mol. The summed E-state index contributed by atoms with van der Waals surface area (Å²) in [6.07, 6.45) is 0.631. The van der Waals surface area contributed by atoms with Gasteiger partial charge in [0.05, 0.1) is 6.10 Å². The van der Waals surface area contributed by atoms with Crippen molar-refractivity contribution < 1.29 is 18.7 Å². The molecule has 24 heavy (non-hydrogen) atoms. The first kappa shape index (κ1) is 18.8. The number of hydrogen-bond donors (Lipinski definition) is 1. The van der Waals surface area contributed by atoms with E-state index in [1.54, 1.807) is 4.90 Å². The molecule has 0 aliphatic carbocycles. The maximum Gasteiger partial charge on any atom is 0.225 e. The first-order valence-corrected chi connectivity index (χ1v) is 8.41. The van der Waals surface area contributed by atoms with Gasteiger partial charge in [-0.25, -0.2) is 8.78 Å². The van der Waals surface area contributed by atoms with Gasteiger partial charge in [-0.3, -0.25) is 4.79 Å². The van der Waals surface area contributed by atoms with Crippen molar-refractivity contribution in [3.05, 3.63) is 35.4 Å². The van der Waals surface area contributed by atoms with E-state index < -0.39 is 17.7 Å². The number of piperidine rings is 1. The summed E-state index contributed by atoms with van der Waals surface area (Å²) in [4.78, 5) is 16.2. The second-order valence-corrected chi connectivity index (χ2v) is 6.81. The lowest BCUT2D eigenvalue weighted by Gasteiger charge is -2.35. The van der Waals surface area contributed by atoms with Gasteiger partial charge in [-0.2, -0.15) is 0 Å². The molecule has 1 amide bonds. The molecule has 1 saturated heterocycles. The predicted octanol–water partition coefficient (Wildman–Crippen LogP) is 2.58. The van der Waals surface area contributed by atoms with Crippen LogP contribution >= 0.6 is 0 Å². The van der Waals surface area contributed by atoms with Crippen LogP contribution in [0.25, 0.3) is 0 Å². The lowest BCUT2D eigenvalue weighted by molar-refractivity contribution is -0.137. The maximum absolute atomic E-state index is 13.3. The number of benzene rings is 1. The van der Waals surface area contributed by atoms with Gasteiger partial charge in [0.15, 0.2) is 11.6 Å². The van der Waals surface area contributed by atoms with Crippen LogP contribution in [0.1, 0.15) is 38.4 Å². The first-order valence-electron chi connectivity index (χ1n) is 8.41. The molecule has 1 aliphatic heterocycles. The first-order chi connectivity index (χ1) is 11.3. The second-order valence-electron chi connectivity index (χ2n) is 6.81. The van der Waals surface area contributed by atoms with Gasteiger partial charge < -0.3 is 14.9 Å². The number of aliphatic hydroxyl groups is 1. The van der Waals surface area contributed by atoms with Crippen molar-refractivity contribution in [2.75, 3.05) is 26.7 Å². The number of β-amino-alcohol motifs (C(OH)–C–C–N with tert-alkyl or cyclic N) is 1. The van der Waals surface area contributed by atoms with Crippen LogP contribution in [-0.2, 0) is 4.79 Å². The topological polar surface area (TPSA) is 43.8 Å². The molecule has 0 saturated carbocycles. The quantitative estimate of drug-likeness (QED) is 0.896. The number of halogens is 2. The van der Waals surface area contributed by atoms with E-state index in [9.17, 15) is 18.7 Å². The molecule has 134 valence electrons. The Morgan fingerprint density at radius 1 is 1.29 bits per heavy atom. The van der Waals surface area contributed by atoms with Gasteiger partial charge in [-0.05, 0) is 57.5 Å². The largest absolute Gasteiger partial charge is 0.387 e. The molecule has 2 rings (SSSR count). The molecule has 1 aromatic rings. The summed E-state index contributed by atoms with van der Waals surface area (Å²) in [5.74, 6) is -1.67. The second kappa shape index (κ2) is 8.03. The van der Waals surface area contributed by atoms with E-state index in [0.717, 1.165) is 25.0 Å². The van der Waals surface area contributed by atoms with Crippen molar-refractivity contribution in [1.82, 2.24) is 9.80 Å². The summed E-state index contributed by atoms with van der Waals surface area (Å²) in [6, 6.07) is 3.65. The van der Waals surface area contributed by atoms with E-state index in [0.29, 0.717) is 25.2 Å². The van der Waals surface area contributed by atoms with Crippen molar-refractivity contribution in [3.8, 4) is 0 Å². The Bertz CT molecular complexity index is 572. The zero-order chi connectivity index (χ0) is 17.9. The van der Waals surface area contributed by atoms with Gasteiger partial charge in [0.1, 0.15) is 0 Å². The van der Waals surface area contributed by atoms with Crippen LogP contribution < -0.4 is 0 Å². The van der Waals surface area contributed by atoms with Gasteiger partial charge in [0.25, 0.3) is 0 Å². The van der Waals surface area contributed by atoms with Gasteiger partial charge in [0, 0.05) is 25.6 Å². The highest BCUT2D eigenvalue weighted by molar-refractivity contribution is 5.78. The fraction of sp³-hybridized carbons (Fsp3) is 0.611. The molecule has 0 aromatic heterocycles. The van der Waals surface area contributed by atoms with Crippen LogP contribution in [0.15, 0.2) is 18.2 Å². The van der Waals surface area contributed by atoms with Gasteiger partial charge in [-0.15, -0.1) is 0 Å². The monoisotopic (exact) mass is 340 g/mol. The molecular weight excluding hydrogens is 314 g/mol. The molecule has 0 spiro atoms. The minimum Gasteiger partial charge on any atom is -0.387 e. The number of carbonyl (C=O) groups is 1. The Kier molecular flexibility index (Phi) is 6.29. The molecule has 1 atom stereocenters. The third-order valence-electron chi connectivity index (χ3n) is 4.82. The number of amides is 1. The van der Waals surface area contributed by atoms with E-state index in [-0.39, 0.29) is 17.9 Å². The summed E-state index contributed by atoms with van der Waals surface area (Å²) >= 11 is 0. The third kappa shape index (κ3) is 4.51. The van der Waals surface area contributed by atoms with Crippen molar-refractivity contribution in [1.29, 1.82) is 0 Å². The zero-order valence-electron chi connectivity index (χ0n) is 14.5. The summed E-state index contributed by atoms with van der Waals surface area (Å²) in [6.45, 7) is 5.76. The van der Waals surface area contributed by atoms with Crippen LogP contribution in [0.3, 0.4) is 0 Å². The van der Waals surface area contributed by atoms with Crippen LogP contribution in [-0.4, -0.2) is 53.5 Å².